The Labute approximate surface area is 212 Å². The highest BCUT2D eigenvalue weighted by atomic mass is 35.5. The van der Waals surface area contributed by atoms with Crippen LogP contribution in [0.2, 0.25) is 5.02 Å². The van der Waals surface area contributed by atoms with E-state index in [4.69, 9.17) is 25.8 Å². The number of halogens is 1. The Morgan fingerprint density at radius 1 is 1.14 bits per heavy atom. The van der Waals surface area contributed by atoms with Gasteiger partial charge in [-0.1, -0.05) is 43.6 Å². The highest BCUT2D eigenvalue weighted by Crippen LogP contribution is 2.21. The van der Waals surface area contributed by atoms with Gasteiger partial charge in [-0.05, 0) is 35.9 Å². The van der Waals surface area contributed by atoms with Crippen LogP contribution in [-0.4, -0.2) is 64.7 Å². The molecule has 0 aliphatic carbocycles. The molecule has 0 radical (unpaired) electrons. The fourth-order valence-electron chi connectivity index (χ4n) is 4.22. The first-order chi connectivity index (χ1) is 16.9. The molecule has 1 saturated heterocycles. The molecule has 1 N–H and O–H groups in total. The quantitative estimate of drug-likeness (QED) is 0.446. The van der Waals surface area contributed by atoms with Crippen LogP contribution in [-0.2, 0) is 17.8 Å². The van der Waals surface area contributed by atoms with Crippen molar-refractivity contribution < 1.29 is 19.3 Å². The van der Waals surface area contributed by atoms with E-state index in [1.165, 1.54) is 0 Å². The summed E-state index contributed by atoms with van der Waals surface area (Å²) >= 11 is 6.03. The van der Waals surface area contributed by atoms with E-state index in [0.717, 1.165) is 30.2 Å². The van der Waals surface area contributed by atoms with Gasteiger partial charge in [-0.3, -0.25) is 4.90 Å². The van der Waals surface area contributed by atoms with Gasteiger partial charge in [0.25, 0.3) is 0 Å². The average Bonchev–Trinajstić information content (AvgIpc) is 3.23. The van der Waals surface area contributed by atoms with Gasteiger partial charge in [-0.25, -0.2) is 4.98 Å². The van der Waals surface area contributed by atoms with Gasteiger partial charge in [0.1, 0.15) is 36.1 Å². The minimum atomic E-state index is -1.11. The normalized spacial score (nSPS) is 19.0. The Morgan fingerprint density at radius 3 is 2.74 bits per heavy atom. The zero-order chi connectivity index (χ0) is 24.7. The number of nitrogens with zero attached hydrogens (tertiary/aromatic N) is 3. The van der Waals surface area contributed by atoms with Gasteiger partial charge < -0.3 is 23.9 Å². The summed E-state index contributed by atoms with van der Waals surface area (Å²) in [5.41, 5.74) is 0.0402. The molecule has 188 valence electrons. The molecule has 1 fully saturated rings. The second kappa shape index (κ2) is 11.9. The zero-order valence-corrected chi connectivity index (χ0v) is 21.2. The number of ether oxygens (including phenoxy) is 3. The van der Waals surface area contributed by atoms with E-state index >= 15 is 0 Å². The molecule has 0 amide bonds. The van der Waals surface area contributed by atoms with Crippen LogP contribution < -0.4 is 9.47 Å². The molecule has 0 spiro atoms. The molecule has 0 bridgehead atoms. The number of benzene rings is 2. The highest BCUT2D eigenvalue weighted by Gasteiger charge is 2.33. The van der Waals surface area contributed by atoms with Crippen molar-refractivity contribution in [2.24, 2.45) is 0 Å². The SMILES string of the molecule is CC(C)c1nccn1CCOc1ccc(CN2CCOC[C@](O)(COc3cccc(Cl)c3)C2)cc1. The van der Waals surface area contributed by atoms with E-state index in [2.05, 4.69) is 40.4 Å². The van der Waals surface area contributed by atoms with E-state index in [0.29, 0.717) is 43.0 Å². The Morgan fingerprint density at radius 2 is 1.97 bits per heavy atom. The average molecular weight is 500 g/mol. The summed E-state index contributed by atoms with van der Waals surface area (Å²) in [4.78, 5) is 6.61. The van der Waals surface area contributed by atoms with Crippen molar-refractivity contribution >= 4 is 11.6 Å². The molecule has 1 aliphatic rings. The number of hydrogen-bond donors (Lipinski definition) is 1. The van der Waals surface area contributed by atoms with Crippen molar-refractivity contribution in [1.29, 1.82) is 0 Å². The molecule has 1 aromatic heterocycles. The third kappa shape index (κ3) is 7.45. The van der Waals surface area contributed by atoms with Gasteiger partial charge in [-0.2, -0.15) is 0 Å². The lowest BCUT2D eigenvalue weighted by atomic mass is 10.1. The first-order valence-corrected chi connectivity index (χ1v) is 12.4. The molecule has 0 saturated carbocycles. The Hall–Kier alpha value is -2.58. The molecule has 3 aromatic rings. The molecule has 1 aliphatic heterocycles. The first-order valence-electron chi connectivity index (χ1n) is 12.0. The van der Waals surface area contributed by atoms with Crippen LogP contribution in [0.25, 0.3) is 0 Å². The number of rotatable bonds is 10. The summed E-state index contributed by atoms with van der Waals surface area (Å²) in [6.45, 7) is 8.44. The molecule has 1 atom stereocenters. The van der Waals surface area contributed by atoms with Crippen LogP contribution in [0, 0.1) is 0 Å². The van der Waals surface area contributed by atoms with Crippen molar-refractivity contribution in [3.8, 4) is 11.5 Å². The smallest absolute Gasteiger partial charge is 0.134 e. The maximum Gasteiger partial charge on any atom is 0.134 e. The Kier molecular flexibility index (Phi) is 8.68. The van der Waals surface area contributed by atoms with E-state index in [1.807, 2.05) is 36.7 Å². The third-order valence-electron chi connectivity index (χ3n) is 5.94. The largest absolute Gasteiger partial charge is 0.492 e. The standard InChI is InChI=1S/C27H34ClN3O4/c1-21(2)26-29-10-11-31(26)13-15-34-24-8-6-22(7-9-24)17-30-12-14-33-19-27(32,18-30)20-35-25-5-3-4-23(28)16-25/h3-11,16,21,32H,12-15,17-20H2,1-2H3/t27-/m0/s1. The van der Waals surface area contributed by atoms with Gasteiger partial charge in [0.2, 0.25) is 0 Å². The number of aliphatic hydroxyl groups is 1. The van der Waals surface area contributed by atoms with E-state index in [-0.39, 0.29) is 13.2 Å². The second-order valence-electron chi connectivity index (χ2n) is 9.36. The molecule has 2 heterocycles. The molecular formula is C27H34ClN3O4. The van der Waals surface area contributed by atoms with Gasteiger partial charge in [0.15, 0.2) is 0 Å². The number of hydrogen-bond acceptors (Lipinski definition) is 6. The molecule has 0 unspecified atom stereocenters. The van der Waals surface area contributed by atoms with E-state index in [9.17, 15) is 5.11 Å². The highest BCUT2D eigenvalue weighted by molar-refractivity contribution is 6.30. The lowest BCUT2D eigenvalue weighted by molar-refractivity contribution is -0.0646. The van der Waals surface area contributed by atoms with Crippen LogP contribution in [0.3, 0.4) is 0 Å². The van der Waals surface area contributed by atoms with Crippen molar-refractivity contribution in [3.05, 3.63) is 77.3 Å². The van der Waals surface area contributed by atoms with E-state index < -0.39 is 5.60 Å². The van der Waals surface area contributed by atoms with Crippen LogP contribution >= 0.6 is 11.6 Å². The molecule has 35 heavy (non-hydrogen) atoms. The zero-order valence-electron chi connectivity index (χ0n) is 20.4. The van der Waals surface area contributed by atoms with Gasteiger partial charge in [0, 0.05) is 43.0 Å². The van der Waals surface area contributed by atoms with Crippen LogP contribution in [0.1, 0.15) is 31.2 Å². The summed E-state index contributed by atoms with van der Waals surface area (Å²) in [6.07, 6.45) is 3.83. The molecular weight excluding hydrogens is 466 g/mol. The Balaban J connectivity index is 1.28. The number of β-amino-alcohol motifs (C(OH)–C–C–N with tert-alkyl or cyclic N) is 1. The summed E-state index contributed by atoms with van der Waals surface area (Å²) in [5, 5.41) is 11.8. The number of imidazole rings is 1. The molecule has 7 nitrogen and oxygen atoms in total. The summed E-state index contributed by atoms with van der Waals surface area (Å²) in [6, 6.07) is 15.3. The fourth-order valence-corrected chi connectivity index (χ4v) is 4.40. The molecule has 2 aromatic carbocycles. The number of aromatic nitrogens is 2. The minimum Gasteiger partial charge on any atom is -0.492 e. The second-order valence-corrected chi connectivity index (χ2v) is 9.80. The summed E-state index contributed by atoms with van der Waals surface area (Å²) in [5.74, 6) is 2.93. The van der Waals surface area contributed by atoms with Crippen LogP contribution in [0.5, 0.6) is 11.5 Å². The molecule has 4 rings (SSSR count). The van der Waals surface area contributed by atoms with Gasteiger partial charge in [-0.15, -0.1) is 0 Å². The van der Waals surface area contributed by atoms with Crippen LogP contribution in [0.15, 0.2) is 60.9 Å². The third-order valence-corrected chi connectivity index (χ3v) is 6.17. The van der Waals surface area contributed by atoms with Crippen molar-refractivity contribution in [2.45, 2.75) is 38.5 Å². The first kappa shape index (κ1) is 25.5. The van der Waals surface area contributed by atoms with Crippen molar-refractivity contribution in [1.82, 2.24) is 14.5 Å². The van der Waals surface area contributed by atoms with Crippen molar-refractivity contribution in [2.75, 3.05) is 39.5 Å². The lowest BCUT2D eigenvalue weighted by Gasteiger charge is -2.30. The van der Waals surface area contributed by atoms with Gasteiger partial charge in [0.05, 0.1) is 19.8 Å². The summed E-state index contributed by atoms with van der Waals surface area (Å²) < 4.78 is 19.6. The van der Waals surface area contributed by atoms with Gasteiger partial charge >= 0.3 is 0 Å². The molecule has 8 heteroatoms. The van der Waals surface area contributed by atoms with Crippen LogP contribution in [0.4, 0.5) is 0 Å². The van der Waals surface area contributed by atoms with E-state index in [1.54, 1.807) is 12.1 Å². The topological polar surface area (TPSA) is 69.0 Å². The predicted molar refractivity (Wildman–Crippen MR) is 136 cm³/mol. The predicted octanol–water partition coefficient (Wildman–Crippen LogP) is 4.38. The van der Waals surface area contributed by atoms with Crippen molar-refractivity contribution in [3.63, 3.8) is 0 Å². The lowest BCUT2D eigenvalue weighted by Crippen LogP contribution is -2.48. The fraction of sp³-hybridized carbons (Fsp3) is 0.444. The maximum atomic E-state index is 11.2. The minimum absolute atomic E-state index is 0.131. The maximum absolute atomic E-state index is 11.2. The monoisotopic (exact) mass is 499 g/mol. The Bertz CT molecular complexity index is 1070. The summed E-state index contributed by atoms with van der Waals surface area (Å²) in [7, 11) is 0.